The van der Waals surface area contributed by atoms with E-state index >= 15 is 0 Å². The van der Waals surface area contributed by atoms with Crippen molar-refractivity contribution < 1.29 is 38.4 Å². The number of phosphoric acid groups is 1. The van der Waals surface area contributed by atoms with Gasteiger partial charge < -0.3 is 33.9 Å². The summed E-state index contributed by atoms with van der Waals surface area (Å²) in [5, 5.41) is 0. The van der Waals surface area contributed by atoms with E-state index in [0.717, 1.165) is 0 Å². The molecule has 0 heterocycles. The van der Waals surface area contributed by atoms with Crippen molar-refractivity contribution in [2.45, 2.75) is 0 Å². The van der Waals surface area contributed by atoms with Crippen LogP contribution >= 0.6 is 7.82 Å². The molecule has 0 bridgehead atoms. The molecule has 7 N–H and O–H groups in total. The van der Waals surface area contributed by atoms with Crippen LogP contribution in [0.3, 0.4) is 0 Å². The second-order valence-electron chi connectivity index (χ2n) is 1.11. The topological polar surface area (TPSA) is 159 Å². The monoisotopic (exact) mass is 194 g/mol. The molecule has 10 heteroatoms. The maximum atomic E-state index is 8.88. The highest BCUT2D eigenvalue weighted by atomic mass is 31.2. The van der Waals surface area contributed by atoms with Gasteiger partial charge >= 0.3 is 16.9 Å². The molecule has 0 aromatic carbocycles. The van der Waals surface area contributed by atoms with Crippen LogP contribution in [-0.4, -0.2) is 42.9 Å². The van der Waals surface area contributed by atoms with Gasteiger partial charge in [-0.3, -0.25) is 0 Å². The molecule has 0 aliphatic rings. The van der Waals surface area contributed by atoms with E-state index in [-0.39, 0.29) is 0 Å². The molecule has 0 radical (unpaired) electrons. The van der Waals surface area contributed by atoms with Crippen LogP contribution in [0, 0.1) is 0 Å². The van der Waals surface area contributed by atoms with Crippen molar-refractivity contribution in [3.05, 3.63) is 0 Å². The minimum atomic E-state index is -4.64. The Labute approximate surface area is 56.4 Å². The van der Waals surface area contributed by atoms with Crippen molar-refractivity contribution in [1.82, 2.24) is 0 Å². The number of hydrogen-bond donors (Lipinski definition) is 7. The fourth-order valence-electron chi connectivity index (χ4n) is 0. The fourth-order valence-corrected chi connectivity index (χ4v) is 0. The Hall–Kier alpha value is 0.167. The lowest BCUT2D eigenvalue weighted by molar-refractivity contribution is 0.117. The van der Waals surface area contributed by atoms with Crippen LogP contribution in [0.1, 0.15) is 0 Å². The lowest BCUT2D eigenvalue weighted by atomic mass is 15.7. The first-order chi connectivity index (χ1) is 4.00. The van der Waals surface area contributed by atoms with Crippen LogP contribution in [0.4, 0.5) is 0 Å². The van der Waals surface area contributed by atoms with Crippen molar-refractivity contribution in [2.24, 2.45) is 0 Å². The van der Waals surface area contributed by atoms with Gasteiger partial charge in [-0.2, -0.15) is 0 Å². The molecule has 8 nitrogen and oxygen atoms in total. The van der Waals surface area contributed by atoms with Gasteiger partial charge in [-0.25, -0.2) is 4.57 Å². The van der Waals surface area contributed by atoms with E-state index in [1.165, 1.54) is 0 Å². The van der Waals surface area contributed by atoms with Crippen LogP contribution in [0.2, 0.25) is 0 Å². The average molecular weight is 194 g/mol. The maximum Gasteiger partial charge on any atom is 0.668 e. The predicted molar refractivity (Wildman–Crippen MR) is 28.9 cm³/mol. The average Bonchev–Trinajstić information content (AvgIpc) is 1.12. The minimum absolute atomic E-state index is 4.61. The first kappa shape index (κ1) is 12.8. The molecule has 64 valence electrons. The van der Waals surface area contributed by atoms with Gasteiger partial charge in [-0.05, 0) is 0 Å². The van der Waals surface area contributed by atoms with Gasteiger partial charge in [-0.15, -0.1) is 0 Å². The van der Waals surface area contributed by atoms with Crippen molar-refractivity contribution in [3.63, 3.8) is 0 Å². The molecule has 0 fully saturated rings. The van der Waals surface area contributed by atoms with Crippen LogP contribution in [-0.2, 0) is 4.57 Å². The summed E-state index contributed by atoms with van der Waals surface area (Å²) < 4.78 is 8.88. The molecule has 0 aliphatic heterocycles. The summed E-state index contributed by atoms with van der Waals surface area (Å²) in [5.74, 6) is 0. The van der Waals surface area contributed by atoms with E-state index in [1.54, 1.807) is 0 Å². The summed E-state index contributed by atoms with van der Waals surface area (Å²) in [5.41, 5.74) is 0. The summed E-state index contributed by atoms with van der Waals surface area (Å²) in [6, 6.07) is 0. The van der Waals surface area contributed by atoms with Gasteiger partial charge in [0.2, 0.25) is 0 Å². The third-order valence-electron chi connectivity index (χ3n) is 0. The van der Waals surface area contributed by atoms with Gasteiger partial charge in [0.05, 0.1) is 0 Å². The zero-order chi connectivity index (χ0) is 9.00. The molecule has 0 rings (SSSR count). The third kappa shape index (κ3) is 15100. The van der Waals surface area contributed by atoms with Crippen LogP contribution in [0.25, 0.3) is 0 Å². The predicted octanol–water partition coefficient (Wildman–Crippen LogP) is -3.54. The molecule has 0 aromatic rings. The fraction of sp³-hybridized carbons (Fsp3) is 0. The Kier molecular flexibility index (Phi) is 5.29. The van der Waals surface area contributed by atoms with Gasteiger partial charge in [0.25, 0.3) is 0 Å². The Morgan fingerprint density at radius 1 is 0.900 bits per heavy atom. The number of rotatable bonds is 0. The first-order valence-electron chi connectivity index (χ1n) is 1.68. The molecular weight excluding hydrogens is 187 g/mol. The van der Waals surface area contributed by atoms with E-state index in [4.69, 9.17) is 38.4 Å². The molecule has 0 spiro atoms. The molecule has 0 aromatic heterocycles. The molecule has 0 aliphatic carbocycles. The highest BCUT2D eigenvalue weighted by molar-refractivity contribution is 7.45. The zero-order valence-corrected chi connectivity index (χ0v) is 6.38. The summed E-state index contributed by atoms with van der Waals surface area (Å²) in [4.78, 5) is 50.9. The van der Waals surface area contributed by atoms with Crippen molar-refractivity contribution in [1.29, 1.82) is 0 Å². The maximum absolute atomic E-state index is 8.88. The molecule has 0 amide bonds. The van der Waals surface area contributed by atoms with E-state index in [2.05, 4.69) is 0 Å². The highest BCUT2D eigenvalue weighted by Crippen LogP contribution is 2.25. The van der Waals surface area contributed by atoms with Crippen LogP contribution in [0.5, 0.6) is 0 Å². The van der Waals surface area contributed by atoms with Crippen LogP contribution < -0.4 is 0 Å². The smallest absolute Gasteiger partial charge is 0.368 e. The Morgan fingerprint density at radius 2 is 0.900 bits per heavy atom. The normalized spacial score (nSPS) is 11.9. The second kappa shape index (κ2) is 4.13. The Bertz CT molecular complexity index is 101. The van der Waals surface area contributed by atoms with Gasteiger partial charge in [0.1, 0.15) is 0 Å². The van der Waals surface area contributed by atoms with E-state index in [1.807, 2.05) is 0 Å². The zero-order valence-electron chi connectivity index (χ0n) is 4.49. The lowest BCUT2D eigenvalue weighted by Crippen LogP contribution is -2.33. The summed E-state index contributed by atoms with van der Waals surface area (Å²) in [6.07, 6.45) is 0. The van der Waals surface area contributed by atoms with Crippen molar-refractivity contribution in [2.75, 3.05) is 0 Å². The lowest BCUT2D eigenvalue weighted by Gasteiger charge is -1.91. The van der Waals surface area contributed by atoms with E-state index in [9.17, 15) is 0 Å². The Morgan fingerprint density at radius 3 is 0.900 bits per heavy atom. The minimum Gasteiger partial charge on any atom is -0.368 e. The highest BCUT2D eigenvalue weighted by Gasteiger charge is 2.22. The van der Waals surface area contributed by atoms with Gasteiger partial charge in [0.15, 0.2) is 0 Å². The SMILES string of the molecule is O=P(O)(O)O.O[Si](O)(O)O. The molecule has 10 heavy (non-hydrogen) atoms. The summed E-state index contributed by atoms with van der Waals surface area (Å²) in [7, 11) is -9.25. The van der Waals surface area contributed by atoms with E-state index < -0.39 is 16.9 Å². The van der Waals surface area contributed by atoms with Crippen LogP contribution in [0.15, 0.2) is 0 Å². The van der Waals surface area contributed by atoms with Gasteiger partial charge in [-0.1, -0.05) is 0 Å². The first-order valence-corrected chi connectivity index (χ1v) is 5.03. The molecule has 0 unspecified atom stereocenters. The molecule has 0 saturated heterocycles. The second-order valence-corrected chi connectivity index (χ2v) is 3.34. The number of hydrogen-bond acceptors (Lipinski definition) is 5. The van der Waals surface area contributed by atoms with E-state index in [0.29, 0.717) is 0 Å². The Balaban J connectivity index is 0. The quantitative estimate of drug-likeness (QED) is 0.154. The standard InChI is InChI=1S/H3O4P.H4O4Si/c2*1-5(2,3)4/h(H3,1,2,3,4);1-4H. The van der Waals surface area contributed by atoms with Gasteiger partial charge in [0, 0.05) is 0 Å². The van der Waals surface area contributed by atoms with Crippen molar-refractivity contribution in [3.8, 4) is 0 Å². The molecule has 0 atom stereocenters. The third-order valence-corrected chi connectivity index (χ3v) is 0. The summed E-state index contributed by atoms with van der Waals surface area (Å²) >= 11 is 0. The molecule has 0 saturated carbocycles. The largest absolute Gasteiger partial charge is 0.668 e. The summed E-state index contributed by atoms with van der Waals surface area (Å²) in [6.45, 7) is 0. The molecular formula is H7O8PSi. The van der Waals surface area contributed by atoms with Crippen molar-refractivity contribution >= 4 is 16.9 Å².